The van der Waals surface area contributed by atoms with E-state index in [1.54, 1.807) is 27.6 Å². The number of hydrogen-bond acceptors (Lipinski definition) is 8. The molecule has 2 aliphatic heterocycles. The van der Waals surface area contributed by atoms with Gasteiger partial charge < -0.3 is 25.0 Å². The zero-order valence-electron chi connectivity index (χ0n) is 27.2. The molecule has 0 bridgehead atoms. The minimum Gasteiger partial charge on any atom is -0.392 e. The van der Waals surface area contributed by atoms with E-state index in [0.717, 1.165) is 24.8 Å². The molecule has 11 heteroatoms. The summed E-state index contributed by atoms with van der Waals surface area (Å²) in [6, 6.07) is 8.72. The van der Waals surface area contributed by atoms with Gasteiger partial charge in [-0.2, -0.15) is 5.10 Å². The van der Waals surface area contributed by atoms with Crippen molar-refractivity contribution < 1.29 is 28.7 Å². The monoisotopic (exact) mass is 633 g/mol. The van der Waals surface area contributed by atoms with Crippen LogP contribution >= 0.6 is 0 Å². The third-order valence-corrected chi connectivity index (χ3v) is 10.7. The Hall–Kier alpha value is -3.57. The molecule has 3 heterocycles. The van der Waals surface area contributed by atoms with Crippen LogP contribution in [0, 0.1) is 28.6 Å². The van der Waals surface area contributed by atoms with Gasteiger partial charge in [-0.25, -0.2) is 4.79 Å². The van der Waals surface area contributed by atoms with Crippen LogP contribution in [0.3, 0.4) is 0 Å². The Morgan fingerprint density at radius 2 is 1.67 bits per heavy atom. The van der Waals surface area contributed by atoms with Gasteiger partial charge in [0.1, 0.15) is 6.04 Å². The van der Waals surface area contributed by atoms with Crippen molar-refractivity contribution in [2.75, 3.05) is 32.8 Å². The highest BCUT2D eigenvalue weighted by Crippen LogP contribution is 2.54. The second kappa shape index (κ2) is 12.9. The number of rotatable bonds is 10. The van der Waals surface area contributed by atoms with Crippen molar-refractivity contribution >= 4 is 23.8 Å². The van der Waals surface area contributed by atoms with Crippen LogP contribution < -0.4 is 5.73 Å². The van der Waals surface area contributed by atoms with Crippen LogP contribution in [0.25, 0.3) is 0 Å². The molecule has 2 saturated carbocycles. The van der Waals surface area contributed by atoms with E-state index in [-0.39, 0.29) is 36.2 Å². The zero-order chi connectivity index (χ0) is 32.6. The normalized spacial score (nSPS) is 24.7. The molecule has 0 radical (unpaired) electrons. The Labute approximate surface area is 270 Å². The Bertz CT molecular complexity index is 1440. The lowest BCUT2D eigenvalue weighted by molar-refractivity contribution is -0.172. The fraction of sp³-hybridized carbons (Fsp3) is 0.629. The highest BCUT2D eigenvalue weighted by molar-refractivity contribution is 5.96. The Balaban J connectivity index is 1.11. The van der Waals surface area contributed by atoms with Gasteiger partial charge in [0, 0.05) is 50.3 Å². The predicted molar refractivity (Wildman–Crippen MR) is 169 cm³/mol. The number of carbonyl (C=O) groups is 4. The van der Waals surface area contributed by atoms with Crippen LogP contribution in [0.4, 0.5) is 0 Å². The molecule has 2 aromatic rings. The second-order valence-electron chi connectivity index (χ2n) is 14.8. The summed E-state index contributed by atoms with van der Waals surface area (Å²) in [6.45, 7) is 7.94. The average molecular weight is 634 g/mol. The molecule has 2 saturated heterocycles. The molecule has 2 N–H and O–H groups in total. The summed E-state index contributed by atoms with van der Waals surface area (Å²) in [4.78, 5) is 56.9. The van der Waals surface area contributed by atoms with Crippen molar-refractivity contribution in [3.8, 4) is 0 Å². The topological polar surface area (TPSA) is 137 Å². The number of amides is 2. The van der Waals surface area contributed by atoms with Gasteiger partial charge in [-0.05, 0) is 43.1 Å². The lowest BCUT2D eigenvalue weighted by atomic mass is 9.71. The number of nitrogens with zero attached hydrogens (tertiary/aromatic N) is 4. The summed E-state index contributed by atoms with van der Waals surface area (Å²) in [5, 5.41) is 4.38. The van der Waals surface area contributed by atoms with Crippen molar-refractivity contribution in [3.63, 3.8) is 0 Å². The lowest BCUT2D eigenvalue weighted by Crippen LogP contribution is -2.64. The summed E-state index contributed by atoms with van der Waals surface area (Å²) >= 11 is 0. The SMILES string of the molecule is C[C@@H](OCC1CCCCC1)[C@H](N)C(=O)OC(=O)[C@@H]1CN(C(=O)c2cnn(Cc3ccccc3)c2)CC12CN(C(=O)[C@H]1CC1(C)C)C2. The first-order valence-corrected chi connectivity index (χ1v) is 16.7. The van der Waals surface area contributed by atoms with Crippen molar-refractivity contribution in [3.05, 3.63) is 53.9 Å². The number of ether oxygens (including phenoxy) is 2. The van der Waals surface area contributed by atoms with Crippen LogP contribution in [0.5, 0.6) is 0 Å². The van der Waals surface area contributed by atoms with E-state index in [2.05, 4.69) is 18.9 Å². The third kappa shape index (κ3) is 6.76. The standard InChI is InChI=1S/C35H47N5O6/c1-23(45-19-25-12-8-5-9-13-25)29(36)33(44)46-32(43)28-18-38(20-35(28)21-39(22-35)31(42)27-14-34(27,2)3)30(41)26-15-37-40(17-26)16-24-10-6-4-7-11-24/h4,6-7,10-11,15,17,23,25,27-29H,5,8-9,12-14,16,18-22,36H2,1-3H3/t23-,27-,28+,29+/m1/s1. The maximum atomic E-state index is 13.7. The van der Waals surface area contributed by atoms with Gasteiger partial charge >= 0.3 is 11.9 Å². The first-order chi connectivity index (χ1) is 22.0. The quantitative estimate of drug-likeness (QED) is 0.311. The molecule has 6 rings (SSSR count). The van der Waals surface area contributed by atoms with E-state index < -0.39 is 35.4 Å². The summed E-state index contributed by atoms with van der Waals surface area (Å²) in [6.07, 6.45) is 9.30. The first kappa shape index (κ1) is 32.4. The van der Waals surface area contributed by atoms with Gasteiger partial charge in [-0.1, -0.05) is 63.4 Å². The Kier molecular flexibility index (Phi) is 9.08. The summed E-state index contributed by atoms with van der Waals surface area (Å²) in [5.74, 6) is -2.07. The maximum Gasteiger partial charge on any atom is 0.333 e. The Morgan fingerprint density at radius 1 is 1.00 bits per heavy atom. The number of aromatic nitrogens is 2. The van der Waals surface area contributed by atoms with Crippen LogP contribution in [0.15, 0.2) is 42.7 Å². The Morgan fingerprint density at radius 3 is 2.35 bits per heavy atom. The molecule has 248 valence electrons. The molecule has 1 aromatic heterocycles. The minimum atomic E-state index is -1.12. The van der Waals surface area contributed by atoms with E-state index in [4.69, 9.17) is 15.2 Å². The molecule has 11 nitrogen and oxygen atoms in total. The fourth-order valence-electron chi connectivity index (χ4n) is 7.44. The molecule has 2 aliphatic carbocycles. The van der Waals surface area contributed by atoms with E-state index in [1.165, 1.54) is 25.5 Å². The number of hydrogen-bond donors (Lipinski definition) is 1. The number of likely N-dealkylation sites (tertiary alicyclic amines) is 2. The first-order valence-electron chi connectivity index (χ1n) is 16.7. The van der Waals surface area contributed by atoms with Crippen molar-refractivity contribution in [1.29, 1.82) is 0 Å². The molecule has 1 spiro atoms. The number of esters is 2. The van der Waals surface area contributed by atoms with Gasteiger partial charge in [-0.3, -0.25) is 19.1 Å². The van der Waals surface area contributed by atoms with E-state index >= 15 is 0 Å². The summed E-state index contributed by atoms with van der Waals surface area (Å²) in [5.41, 5.74) is 6.94. The van der Waals surface area contributed by atoms with Crippen LogP contribution in [0.2, 0.25) is 0 Å². The zero-order valence-corrected chi connectivity index (χ0v) is 27.2. The van der Waals surface area contributed by atoms with Crippen LogP contribution in [-0.4, -0.2) is 88.3 Å². The predicted octanol–water partition coefficient (Wildman–Crippen LogP) is 3.26. The molecule has 46 heavy (non-hydrogen) atoms. The molecule has 4 atom stereocenters. The number of carbonyl (C=O) groups excluding carboxylic acids is 4. The average Bonchev–Trinajstić information content (AvgIpc) is 3.35. The third-order valence-electron chi connectivity index (χ3n) is 10.7. The summed E-state index contributed by atoms with van der Waals surface area (Å²) < 4.78 is 13.0. The maximum absolute atomic E-state index is 13.7. The van der Waals surface area contributed by atoms with Crippen molar-refractivity contribution in [2.24, 2.45) is 34.3 Å². The lowest BCUT2D eigenvalue weighted by Gasteiger charge is -2.50. The highest BCUT2D eigenvalue weighted by Gasteiger charge is 2.62. The van der Waals surface area contributed by atoms with E-state index in [1.807, 2.05) is 30.3 Å². The molecular formula is C35H47N5O6. The molecule has 4 fully saturated rings. The van der Waals surface area contributed by atoms with Crippen LogP contribution in [0.1, 0.15) is 75.2 Å². The van der Waals surface area contributed by atoms with E-state index in [0.29, 0.717) is 37.7 Å². The van der Waals surface area contributed by atoms with Crippen LogP contribution in [-0.2, 0) is 30.4 Å². The largest absolute Gasteiger partial charge is 0.392 e. The highest BCUT2D eigenvalue weighted by atomic mass is 16.6. The van der Waals surface area contributed by atoms with Gasteiger partial charge in [0.05, 0.1) is 30.3 Å². The van der Waals surface area contributed by atoms with Gasteiger partial charge in [0.25, 0.3) is 5.91 Å². The molecular weight excluding hydrogens is 586 g/mol. The summed E-state index contributed by atoms with van der Waals surface area (Å²) in [7, 11) is 0. The van der Waals surface area contributed by atoms with Crippen molar-refractivity contribution in [2.45, 2.75) is 78.0 Å². The van der Waals surface area contributed by atoms with Gasteiger partial charge in [0.2, 0.25) is 5.91 Å². The van der Waals surface area contributed by atoms with Gasteiger partial charge in [0.15, 0.2) is 0 Å². The molecule has 2 amide bonds. The van der Waals surface area contributed by atoms with Gasteiger partial charge in [-0.15, -0.1) is 0 Å². The number of nitrogens with two attached hydrogens (primary N) is 1. The smallest absolute Gasteiger partial charge is 0.333 e. The minimum absolute atomic E-state index is 0.0198. The fourth-order valence-corrected chi connectivity index (χ4v) is 7.44. The number of benzene rings is 1. The van der Waals surface area contributed by atoms with Crippen molar-refractivity contribution in [1.82, 2.24) is 19.6 Å². The molecule has 1 aromatic carbocycles. The molecule has 0 unspecified atom stereocenters. The van der Waals surface area contributed by atoms with E-state index in [9.17, 15) is 19.2 Å². The molecule has 4 aliphatic rings. The second-order valence-corrected chi connectivity index (χ2v) is 14.8.